The second kappa shape index (κ2) is 7.20. The van der Waals surface area contributed by atoms with Crippen molar-refractivity contribution in [2.45, 2.75) is 17.1 Å². The van der Waals surface area contributed by atoms with Crippen LogP contribution in [0.5, 0.6) is 0 Å². The van der Waals surface area contributed by atoms with E-state index in [2.05, 4.69) is 55.8 Å². The summed E-state index contributed by atoms with van der Waals surface area (Å²) < 4.78 is 1.68. The summed E-state index contributed by atoms with van der Waals surface area (Å²) in [6.07, 6.45) is 5.08. The van der Waals surface area contributed by atoms with E-state index in [1.54, 1.807) is 34.5 Å². The summed E-state index contributed by atoms with van der Waals surface area (Å²) in [4.78, 5) is 29.5. The first-order valence-electron chi connectivity index (χ1n) is 8.95. The first kappa shape index (κ1) is 18.2. The molecule has 1 atom stereocenters. The average molecular weight is 424 g/mol. The lowest BCUT2D eigenvalue weighted by Crippen LogP contribution is -2.16. The number of amides is 1. The zero-order valence-corrected chi connectivity index (χ0v) is 17.3. The lowest BCUT2D eigenvalue weighted by molar-refractivity contribution is -0.113. The van der Waals surface area contributed by atoms with Crippen LogP contribution in [0.25, 0.3) is 17.0 Å². The normalized spacial score (nSPS) is 16.5. The van der Waals surface area contributed by atoms with E-state index in [0.717, 1.165) is 16.8 Å². The highest BCUT2D eigenvalue weighted by Crippen LogP contribution is 2.44. The Labute approximate surface area is 174 Å². The van der Waals surface area contributed by atoms with Crippen molar-refractivity contribution >= 4 is 46.4 Å². The number of benzene rings is 1. The van der Waals surface area contributed by atoms with Crippen LogP contribution < -0.4 is 5.32 Å². The maximum absolute atomic E-state index is 12.5. The third-order valence-corrected chi connectivity index (χ3v) is 6.84. The number of anilines is 1. The molecule has 0 saturated heterocycles. The van der Waals surface area contributed by atoms with Gasteiger partial charge in [0.25, 0.3) is 0 Å². The van der Waals surface area contributed by atoms with E-state index in [0.29, 0.717) is 28.6 Å². The Bertz CT molecular complexity index is 1220. The average Bonchev–Trinajstić information content (AvgIpc) is 3.29. The molecule has 3 aromatic heterocycles. The Morgan fingerprint density at radius 3 is 2.83 bits per heavy atom. The number of fused-ring (bicyclic) bond motifs is 2. The fourth-order valence-corrected chi connectivity index (χ4v) is 5.09. The van der Waals surface area contributed by atoms with Crippen LogP contribution in [0.1, 0.15) is 22.1 Å². The summed E-state index contributed by atoms with van der Waals surface area (Å²) in [5.74, 6) is 1.51. The van der Waals surface area contributed by atoms with Crippen molar-refractivity contribution < 1.29 is 4.79 Å². The predicted octanol–water partition coefficient (Wildman–Crippen LogP) is 3.34. The van der Waals surface area contributed by atoms with Gasteiger partial charge < -0.3 is 10.3 Å². The number of H-pyrrole nitrogens is 1. The van der Waals surface area contributed by atoms with Crippen LogP contribution in [0.2, 0.25) is 0 Å². The first-order valence-corrected chi connectivity index (χ1v) is 11.2. The summed E-state index contributed by atoms with van der Waals surface area (Å²) in [5.41, 5.74) is 4.20. The molecule has 5 rings (SSSR count). The van der Waals surface area contributed by atoms with E-state index in [1.807, 2.05) is 6.92 Å². The zero-order chi connectivity index (χ0) is 20.0. The molecule has 0 radical (unpaired) electrons. The largest absolute Gasteiger partial charge is 0.340 e. The lowest BCUT2D eigenvalue weighted by atomic mass is 10.0. The Balaban J connectivity index is 1.70. The lowest BCUT2D eigenvalue weighted by Gasteiger charge is -2.15. The molecular formula is C19H17N7OS2. The minimum atomic E-state index is -0.0597. The van der Waals surface area contributed by atoms with Crippen molar-refractivity contribution in [2.75, 3.05) is 17.3 Å². The van der Waals surface area contributed by atoms with Gasteiger partial charge in [-0.3, -0.25) is 4.79 Å². The van der Waals surface area contributed by atoms with Crippen LogP contribution in [-0.2, 0) is 4.79 Å². The number of nitrogens with one attached hydrogen (secondary N) is 2. The Morgan fingerprint density at radius 2 is 2.03 bits per heavy atom. The fraction of sp³-hybridized carbons (Fsp3) is 0.211. The Morgan fingerprint density at radius 1 is 1.21 bits per heavy atom. The second-order valence-electron chi connectivity index (χ2n) is 6.57. The summed E-state index contributed by atoms with van der Waals surface area (Å²) in [6.45, 7) is 1.96. The van der Waals surface area contributed by atoms with Crippen LogP contribution >= 0.6 is 23.5 Å². The highest BCUT2D eigenvalue weighted by molar-refractivity contribution is 8.00. The monoisotopic (exact) mass is 423 g/mol. The molecule has 0 saturated carbocycles. The van der Waals surface area contributed by atoms with Gasteiger partial charge in [-0.2, -0.15) is 9.78 Å². The third-order valence-electron chi connectivity index (χ3n) is 4.83. The van der Waals surface area contributed by atoms with Gasteiger partial charge in [0.1, 0.15) is 17.7 Å². The molecule has 0 aliphatic carbocycles. The summed E-state index contributed by atoms with van der Waals surface area (Å²) in [6, 6.07) is 8.46. The van der Waals surface area contributed by atoms with Gasteiger partial charge in [-0.25, -0.2) is 15.0 Å². The van der Waals surface area contributed by atoms with Crippen molar-refractivity contribution in [3.05, 3.63) is 53.7 Å². The highest BCUT2D eigenvalue weighted by atomic mass is 32.2. The zero-order valence-electron chi connectivity index (χ0n) is 15.7. The smallest absolute Gasteiger partial charge is 0.235 e. The van der Waals surface area contributed by atoms with Crippen LogP contribution in [0.15, 0.2) is 41.8 Å². The van der Waals surface area contributed by atoms with Gasteiger partial charge in [0.05, 0.1) is 23.0 Å². The Hall–Kier alpha value is -2.85. The quantitative estimate of drug-likeness (QED) is 0.487. The highest BCUT2D eigenvalue weighted by Gasteiger charge is 2.31. The molecule has 4 heterocycles. The number of rotatable bonds is 3. The molecule has 1 aliphatic rings. The number of aryl methyl sites for hydroxylation is 1. The number of hydrogen-bond donors (Lipinski definition) is 2. The van der Waals surface area contributed by atoms with E-state index in [-0.39, 0.29) is 11.2 Å². The number of aromatic nitrogens is 6. The molecule has 146 valence electrons. The van der Waals surface area contributed by atoms with Crippen molar-refractivity contribution in [1.29, 1.82) is 0 Å². The van der Waals surface area contributed by atoms with Crippen molar-refractivity contribution in [3.63, 3.8) is 0 Å². The molecule has 0 bridgehead atoms. The summed E-state index contributed by atoms with van der Waals surface area (Å²) >= 11 is 3.31. The minimum absolute atomic E-state index is 0.00676. The molecule has 0 unspecified atom stereocenters. The number of carbonyl (C=O) groups is 1. The number of aromatic amines is 1. The van der Waals surface area contributed by atoms with Crippen molar-refractivity contribution in [1.82, 2.24) is 29.7 Å². The number of thioether (sulfide) groups is 2. The molecule has 1 aromatic carbocycles. The summed E-state index contributed by atoms with van der Waals surface area (Å²) in [7, 11) is 0. The second-order valence-corrected chi connectivity index (χ2v) is 8.54. The molecule has 0 spiro atoms. The molecular weight excluding hydrogens is 406 g/mol. The maximum atomic E-state index is 12.5. The number of imidazole rings is 1. The summed E-state index contributed by atoms with van der Waals surface area (Å²) in [5, 5.41) is 7.75. The van der Waals surface area contributed by atoms with Gasteiger partial charge in [-0.15, -0.1) is 23.5 Å². The minimum Gasteiger partial charge on any atom is -0.340 e. The van der Waals surface area contributed by atoms with E-state index >= 15 is 0 Å². The van der Waals surface area contributed by atoms with Crippen molar-refractivity contribution in [2.24, 2.45) is 0 Å². The van der Waals surface area contributed by atoms with Gasteiger partial charge in [0, 0.05) is 10.5 Å². The van der Waals surface area contributed by atoms with Crippen LogP contribution in [0.3, 0.4) is 0 Å². The molecule has 10 heteroatoms. The fourth-order valence-electron chi connectivity index (χ4n) is 3.49. The number of nitrogens with zero attached hydrogens (tertiary/aromatic N) is 5. The van der Waals surface area contributed by atoms with Crippen LogP contribution in [0.4, 0.5) is 5.82 Å². The van der Waals surface area contributed by atoms with Crippen LogP contribution in [0, 0.1) is 6.92 Å². The van der Waals surface area contributed by atoms with Crippen LogP contribution in [-0.4, -0.2) is 47.6 Å². The maximum Gasteiger partial charge on any atom is 0.235 e. The molecule has 29 heavy (non-hydrogen) atoms. The molecule has 1 aliphatic heterocycles. The first-order chi connectivity index (χ1) is 14.2. The molecule has 8 nitrogen and oxygen atoms in total. The van der Waals surface area contributed by atoms with Gasteiger partial charge in [0.2, 0.25) is 5.91 Å². The number of carbonyl (C=O) groups excluding carboxylic acids is 1. The van der Waals surface area contributed by atoms with E-state index < -0.39 is 0 Å². The molecule has 2 N–H and O–H groups in total. The van der Waals surface area contributed by atoms with Crippen molar-refractivity contribution in [3.8, 4) is 5.82 Å². The van der Waals surface area contributed by atoms with Gasteiger partial charge >= 0.3 is 0 Å². The predicted molar refractivity (Wildman–Crippen MR) is 115 cm³/mol. The van der Waals surface area contributed by atoms with E-state index in [9.17, 15) is 4.79 Å². The Kier molecular flexibility index (Phi) is 4.51. The number of hydrogen-bond acceptors (Lipinski definition) is 7. The van der Waals surface area contributed by atoms with Gasteiger partial charge in [-0.1, -0.05) is 12.1 Å². The molecule has 1 amide bonds. The SMILES string of the molecule is CSc1ccc([C@H]2SCC(=O)Nc3c2c(C)nn3-c2ncnc3nc[nH]c23)cc1. The topological polar surface area (TPSA) is 101 Å². The van der Waals surface area contributed by atoms with Gasteiger partial charge in [0.15, 0.2) is 11.5 Å². The van der Waals surface area contributed by atoms with Gasteiger partial charge in [-0.05, 0) is 30.9 Å². The third kappa shape index (κ3) is 3.08. The van der Waals surface area contributed by atoms with E-state index in [1.165, 1.54) is 11.2 Å². The standard InChI is InChI=1S/C19H17N7OS2/c1-10-14-16(11-3-5-12(28-2)6-4-11)29-7-13(27)24-18(14)26(25-10)19-15-17(21-8-20-15)22-9-23-19/h3-6,8-9,16H,7H2,1-2H3,(H,24,27)(H,20,21,22,23)/t16-/m1/s1. The molecule has 0 fully saturated rings. The van der Waals surface area contributed by atoms with E-state index in [4.69, 9.17) is 5.10 Å². The molecule has 4 aromatic rings.